The molecule has 0 unspecified atom stereocenters. The van der Waals surface area contributed by atoms with Crippen molar-refractivity contribution in [3.05, 3.63) is 40.0 Å². The predicted octanol–water partition coefficient (Wildman–Crippen LogP) is 5.52. The van der Waals surface area contributed by atoms with E-state index in [0.29, 0.717) is 22.8 Å². The summed E-state index contributed by atoms with van der Waals surface area (Å²) in [5.74, 6) is 1.55. The Hall–Kier alpha value is -2.19. The zero-order chi connectivity index (χ0) is 21.4. The highest BCUT2D eigenvalue weighted by molar-refractivity contribution is 7.99. The van der Waals surface area contributed by atoms with Crippen LogP contribution in [0.3, 0.4) is 0 Å². The Bertz CT molecular complexity index is 1060. The van der Waals surface area contributed by atoms with Crippen LogP contribution in [0.4, 0.5) is 5.13 Å². The minimum Gasteiger partial charge on any atom is -0.303 e. The first-order valence-electron chi connectivity index (χ1n) is 10.2. The summed E-state index contributed by atoms with van der Waals surface area (Å²) in [6, 6.07) is 4.82. The lowest BCUT2D eigenvalue weighted by Gasteiger charge is -2.10. The van der Waals surface area contributed by atoms with E-state index in [9.17, 15) is 4.79 Å². The summed E-state index contributed by atoms with van der Waals surface area (Å²) in [5, 5.41) is 15.1. The number of carbonyl (C=O) groups excluding carboxylic acids is 1. The van der Waals surface area contributed by atoms with Gasteiger partial charge in [-0.05, 0) is 44.7 Å². The zero-order valence-corrected chi connectivity index (χ0v) is 19.7. The standard InChI is InChI=1S/C22H27N5OS2/c1-12(2)20-25-26-22(27(20)16-6-7-16)30-11-18(28)24-21-23-17(10-29-21)19-14(4)8-13(3)9-15(19)5/h8-10,12,16H,6-7,11H2,1-5H3,(H,23,24,28). The van der Waals surface area contributed by atoms with Gasteiger partial charge in [-0.2, -0.15) is 0 Å². The van der Waals surface area contributed by atoms with Crippen LogP contribution in [0.25, 0.3) is 11.3 Å². The fourth-order valence-electron chi connectivity index (χ4n) is 3.77. The van der Waals surface area contributed by atoms with Gasteiger partial charge in [0.25, 0.3) is 0 Å². The van der Waals surface area contributed by atoms with Crippen LogP contribution in [0.15, 0.2) is 22.7 Å². The molecule has 0 spiro atoms. The molecular weight excluding hydrogens is 414 g/mol. The van der Waals surface area contributed by atoms with Gasteiger partial charge in [0.1, 0.15) is 5.82 Å². The molecule has 158 valence electrons. The molecule has 1 aliphatic rings. The number of rotatable bonds is 7. The smallest absolute Gasteiger partial charge is 0.236 e. The molecule has 1 amide bonds. The molecule has 0 radical (unpaired) electrons. The number of hydrogen-bond acceptors (Lipinski definition) is 6. The van der Waals surface area contributed by atoms with E-state index in [1.165, 1.54) is 39.8 Å². The van der Waals surface area contributed by atoms with E-state index in [0.717, 1.165) is 35.1 Å². The van der Waals surface area contributed by atoms with Gasteiger partial charge >= 0.3 is 0 Å². The lowest BCUT2D eigenvalue weighted by molar-refractivity contribution is -0.113. The third-order valence-electron chi connectivity index (χ3n) is 5.14. The second kappa shape index (κ2) is 8.51. The second-order valence-electron chi connectivity index (χ2n) is 8.25. The number of hydrogen-bond donors (Lipinski definition) is 1. The van der Waals surface area contributed by atoms with Gasteiger partial charge in [0.2, 0.25) is 5.91 Å². The third kappa shape index (κ3) is 4.44. The maximum Gasteiger partial charge on any atom is 0.236 e. The maximum atomic E-state index is 12.5. The summed E-state index contributed by atoms with van der Waals surface area (Å²) in [6.45, 7) is 10.6. The first-order valence-corrected chi connectivity index (χ1v) is 12.1. The van der Waals surface area contributed by atoms with Crippen molar-refractivity contribution in [2.45, 2.75) is 64.6 Å². The zero-order valence-electron chi connectivity index (χ0n) is 18.0. The molecule has 2 heterocycles. The average Bonchev–Trinajstić information content (AvgIpc) is 3.25. The maximum absolute atomic E-state index is 12.5. The van der Waals surface area contributed by atoms with Crippen molar-refractivity contribution in [3.8, 4) is 11.3 Å². The number of thiazole rings is 1. The van der Waals surface area contributed by atoms with Gasteiger partial charge in [-0.25, -0.2) is 4.98 Å². The van der Waals surface area contributed by atoms with Gasteiger partial charge in [-0.1, -0.05) is 43.3 Å². The summed E-state index contributed by atoms with van der Waals surface area (Å²) >= 11 is 2.90. The molecule has 1 saturated carbocycles. The molecule has 2 aromatic heterocycles. The normalized spacial score (nSPS) is 13.8. The van der Waals surface area contributed by atoms with Crippen molar-refractivity contribution in [1.82, 2.24) is 19.7 Å². The van der Waals surface area contributed by atoms with Crippen molar-refractivity contribution < 1.29 is 4.79 Å². The number of aromatic nitrogens is 4. The number of aryl methyl sites for hydroxylation is 3. The van der Waals surface area contributed by atoms with E-state index in [1.54, 1.807) is 0 Å². The Morgan fingerprint density at radius 1 is 1.23 bits per heavy atom. The van der Waals surface area contributed by atoms with Crippen LogP contribution in [0.5, 0.6) is 0 Å². The molecule has 0 atom stereocenters. The lowest BCUT2D eigenvalue weighted by Crippen LogP contribution is -2.14. The molecule has 8 heteroatoms. The van der Waals surface area contributed by atoms with E-state index < -0.39 is 0 Å². The molecule has 0 bridgehead atoms. The van der Waals surface area contributed by atoms with Crippen LogP contribution < -0.4 is 5.32 Å². The van der Waals surface area contributed by atoms with Crippen LogP contribution in [0, 0.1) is 20.8 Å². The minimum absolute atomic E-state index is 0.0744. The van der Waals surface area contributed by atoms with Crippen molar-refractivity contribution >= 4 is 34.1 Å². The van der Waals surface area contributed by atoms with Gasteiger partial charge in [0.15, 0.2) is 10.3 Å². The predicted molar refractivity (Wildman–Crippen MR) is 123 cm³/mol. The first-order chi connectivity index (χ1) is 14.3. The van der Waals surface area contributed by atoms with Crippen LogP contribution in [0.2, 0.25) is 0 Å². The SMILES string of the molecule is Cc1cc(C)c(-c2csc(NC(=O)CSc3nnc(C(C)C)n3C3CC3)n2)c(C)c1. The summed E-state index contributed by atoms with van der Waals surface area (Å²) in [7, 11) is 0. The summed E-state index contributed by atoms with van der Waals surface area (Å²) in [4.78, 5) is 17.2. The van der Waals surface area contributed by atoms with Crippen molar-refractivity contribution in [2.75, 3.05) is 11.1 Å². The monoisotopic (exact) mass is 441 g/mol. The molecule has 0 aliphatic heterocycles. The molecule has 1 fully saturated rings. The Morgan fingerprint density at radius 2 is 1.93 bits per heavy atom. The quantitative estimate of drug-likeness (QED) is 0.489. The van der Waals surface area contributed by atoms with E-state index >= 15 is 0 Å². The lowest BCUT2D eigenvalue weighted by atomic mass is 9.98. The number of nitrogens with one attached hydrogen (secondary N) is 1. The van der Waals surface area contributed by atoms with E-state index in [-0.39, 0.29) is 5.91 Å². The van der Waals surface area contributed by atoms with Crippen LogP contribution in [-0.4, -0.2) is 31.4 Å². The number of nitrogens with zero attached hydrogens (tertiary/aromatic N) is 4. The topological polar surface area (TPSA) is 72.7 Å². The molecule has 30 heavy (non-hydrogen) atoms. The number of amides is 1. The summed E-state index contributed by atoms with van der Waals surface area (Å²) in [6.07, 6.45) is 2.33. The van der Waals surface area contributed by atoms with E-state index in [2.05, 4.69) is 71.8 Å². The highest BCUT2D eigenvalue weighted by Gasteiger charge is 2.30. The Balaban J connectivity index is 1.42. The Kier molecular flexibility index (Phi) is 5.97. The Labute approximate surface area is 185 Å². The van der Waals surface area contributed by atoms with E-state index in [1.807, 2.05) is 5.38 Å². The molecule has 1 aliphatic carbocycles. The van der Waals surface area contributed by atoms with Crippen molar-refractivity contribution in [1.29, 1.82) is 0 Å². The fourth-order valence-corrected chi connectivity index (χ4v) is 5.30. The molecule has 6 nitrogen and oxygen atoms in total. The summed E-state index contributed by atoms with van der Waals surface area (Å²) < 4.78 is 2.22. The molecular formula is C22H27N5OS2. The molecule has 3 aromatic rings. The number of anilines is 1. The largest absolute Gasteiger partial charge is 0.303 e. The number of thioether (sulfide) groups is 1. The molecule has 0 saturated heterocycles. The van der Waals surface area contributed by atoms with Crippen molar-refractivity contribution in [2.24, 2.45) is 0 Å². The number of carbonyl (C=O) groups is 1. The number of benzene rings is 1. The summed E-state index contributed by atoms with van der Waals surface area (Å²) in [5.41, 5.74) is 5.70. The van der Waals surface area contributed by atoms with Gasteiger partial charge in [-0.3, -0.25) is 4.79 Å². The molecule has 1 N–H and O–H groups in total. The average molecular weight is 442 g/mol. The van der Waals surface area contributed by atoms with Gasteiger partial charge in [0, 0.05) is 22.9 Å². The highest BCUT2D eigenvalue weighted by Crippen LogP contribution is 2.40. The molecule has 4 rings (SSSR count). The van der Waals surface area contributed by atoms with Gasteiger partial charge in [0.05, 0.1) is 11.4 Å². The Morgan fingerprint density at radius 3 is 2.57 bits per heavy atom. The van der Waals surface area contributed by atoms with Crippen LogP contribution >= 0.6 is 23.1 Å². The van der Waals surface area contributed by atoms with Gasteiger partial charge in [-0.15, -0.1) is 21.5 Å². The van der Waals surface area contributed by atoms with E-state index in [4.69, 9.17) is 0 Å². The van der Waals surface area contributed by atoms with Gasteiger partial charge < -0.3 is 9.88 Å². The van der Waals surface area contributed by atoms with Crippen LogP contribution in [-0.2, 0) is 4.79 Å². The van der Waals surface area contributed by atoms with Crippen molar-refractivity contribution in [3.63, 3.8) is 0 Å². The fraction of sp³-hybridized carbons (Fsp3) is 0.455. The second-order valence-corrected chi connectivity index (χ2v) is 10.0. The molecule has 1 aromatic carbocycles. The minimum atomic E-state index is -0.0744. The first kappa shape index (κ1) is 21.1. The van der Waals surface area contributed by atoms with Crippen LogP contribution in [0.1, 0.15) is 61.2 Å². The highest BCUT2D eigenvalue weighted by atomic mass is 32.2. The third-order valence-corrected chi connectivity index (χ3v) is 6.84.